The largest absolute Gasteiger partial charge is 0.493 e. The van der Waals surface area contributed by atoms with Crippen molar-refractivity contribution in [1.29, 1.82) is 0 Å². The van der Waals surface area contributed by atoms with Crippen LogP contribution in [0.2, 0.25) is 5.02 Å². The van der Waals surface area contributed by atoms with Gasteiger partial charge in [0.2, 0.25) is 5.91 Å². The summed E-state index contributed by atoms with van der Waals surface area (Å²) >= 11 is 6.22. The normalized spacial score (nSPS) is 15.0. The van der Waals surface area contributed by atoms with Gasteiger partial charge in [0, 0.05) is 51.2 Å². The predicted octanol–water partition coefficient (Wildman–Crippen LogP) is 3.11. The fourth-order valence-corrected chi connectivity index (χ4v) is 3.48. The second kappa shape index (κ2) is 9.57. The number of halogens is 1. The highest BCUT2D eigenvalue weighted by Crippen LogP contribution is 2.36. The van der Waals surface area contributed by atoms with Crippen LogP contribution in [0.1, 0.15) is 11.1 Å². The Kier molecular flexibility index (Phi) is 6.90. The highest BCUT2D eigenvalue weighted by molar-refractivity contribution is 6.32. The monoisotopic (exact) mass is 401 g/mol. The molecule has 0 spiro atoms. The molecule has 7 heteroatoms. The number of aromatic nitrogens is 1. The summed E-state index contributed by atoms with van der Waals surface area (Å²) in [6.45, 7) is 4.00. The molecule has 1 saturated heterocycles. The Balaban J connectivity index is 1.56. The molecule has 1 aromatic heterocycles. The highest BCUT2D eigenvalue weighted by Gasteiger charge is 2.19. The van der Waals surface area contributed by atoms with Gasteiger partial charge in [-0.1, -0.05) is 11.6 Å². The summed E-state index contributed by atoms with van der Waals surface area (Å²) < 4.78 is 10.5. The van der Waals surface area contributed by atoms with Crippen molar-refractivity contribution >= 4 is 23.6 Å². The highest BCUT2D eigenvalue weighted by atomic mass is 35.5. The maximum absolute atomic E-state index is 12.5. The number of ether oxygens (including phenoxy) is 2. The average Bonchev–Trinajstić information content (AvgIpc) is 2.72. The van der Waals surface area contributed by atoms with E-state index in [4.69, 9.17) is 21.1 Å². The number of methoxy groups -OCH3 is 2. The summed E-state index contributed by atoms with van der Waals surface area (Å²) in [5, 5.41) is 0.443. The van der Waals surface area contributed by atoms with Gasteiger partial charge in [0.1, 0.15) is 0 Å². The van der Waals surface area contributed by atoms with E-state index in [1.54, 1.807) is 43.8 Å². The molecule has 2 aromatic rings. The Bertz CT molecular complexity index is 834. The quantitative estimate of drug-likeness (QED) is 0.696. The second-order valence-electron chi connectivity index (χ2n) is 6.53. The number of pyridine rings is 1. The molecule has 1 amide bonds. The zero-order chi connectivity index (χ0) is 19.9. The first-order chi connectivity index (χ1) is 13.6. The summed E-state index contributed by atoms with van der Waals surface area (Å²) in [5.41, 5.74) is 2.02. The molecule has 0 unspecified atom stereocenters. The molecule has 1 aromatic carbocycles. The van der Waals surface area contributed by atoms with Gasteiger partial charge in [-0.3, -0.25) is 14.7 Å². The fourth-order valence-electron chi connectivity index (χ4n) is 3.18. The standard InChI is InChI=1S/C21H24ClN3O3/c1-27-19-14-17(13-18(22)21(19)28-2)3-4-20(26)25-11-9-24(10-12-25)15-16-5-7-23-8-6-16/h3-8,13-14H,9-12,15H2,1-2H3/b4-3+. The van der Waals surface area contributed by atoms with Crippen molar-refractivity contribution in [1.82, 2.24) is 14.8 Å². The lowest BCUT2D eigenvalue weighted by Crippen LogP contribution is -2.47. The third-order valence-electron chi connectivity index (χ3n) is 4.71. The van der Waals surface area contributed by atoms with Crippen LogP contribution in [0.25, 0.3) is 6.08 Å². The number of amides is 1. The van der Waals surface area contributed by atoms with Crippen molar-refractivity contribution in [2.24, 2.45) is 0 Å². The van der Waals surface area contributed by atoms with Gasteiger partial charge >= 0.3 is 0 Å². The molecular formula is C21H24ClN3O3. The van der Waals surface area contributed by atoms with Crippen LogP contribution in [-0.4, -0.2) is 61.1 Å². The Morgan fingerprint density at radius 1 is 1.14 bits per heavy atom. The first-order valence-corrected chi connectivity index (χ1v) is 9.48. The summed E-state index contributed by atoms with van der Waals surface area (Å²) in [6.07, 6.45) is 6.94. The van der Waals surface area contributed by atoms with Crippen molar-refractivity contribution in [3.63, 3.8) is 0 Å². The number of carbonyl (C=O) groups is 1. The first-order valence-electron chi connectivity index (χ1n) is 9.10. The van der Waals surface area contributed by atoms with Crippen LogP contribution >= 0.6 is 11.6 Å². The third kappa shape index (κ3) is 5.03. The molecule has 0 radical (unpaired) electrons. The molecule has 0 atom stereocenters. The Morgan fingerprint density at radius 3 is 2.50 bits per heavy atom. The van der Waals surface area contributed by atoms with Crippen molar-refractivity contribution in [2.45, 2.75) is 6.54 Å². The molecule has 28 heavy (non-hydrogen) atoms. The summed E-state index contributed by atoms with van der Waals surface area (Å²) in [6, 6.07) is 7.59. The summed E-state index contributed by atoms with van der Waals surface area (Å²) in [4.78, 5) is 20.8. The molecule has 0 N–H and O–H groups in total. The van der Waals surface area contributed by atoms with Crippen molar-refractivity contribution in [2.75, 3.05) is 40.4 Å². The van der Waals surface area contributed by atoms with Crippen LogP contribution in [0.5, 0.6) is 11.5 Å². The van der Waals surface area contributed by atoms with Gasteiger partial charge in [-0.05, 0) is 41.5 Å². The van der Waals surface area contributed by atoms with Gasteiger partial charge in [0.25, 0.3) is 0 Å². The van der Waals surface area contributed by atoms with Gasteiger partial charge in [-0.15, -0.1) is 0 Å². The number of nitrogens with zero attached hydrogens (tertiary/aromatic N) is 3. The number of carbonyl (C=O) groups excluding carboxylic acids is 1. The van der Waals surface area contributed by atoms with Crippen LogP contribution in [0.3, 0.4) is 0 Å². The number of rotatable bonds is 6. The molecule has 2 heterocycles. The van der Waals surface area contributed by atoms with E-state index >= 15 is 0 Å². The molecular weight excluding hydrogens is 378 g/mol. The smallest absolute Gasteiger partial charge is 0.246 e. The minimum absolute atomic E-state index is 0.00512. The van der Waals surface area contributed by atoms with Crippen LogP contribution in [-0.2, 0) is 11.3 Å². The lowest BCUT2D eigenvalue weighted by molar-refractivity contribution is -0.127. The molecule has 148 valence electrons. The number of hydrogen-bond acceptors (Lipinski definition) is 5. The molecule has 1 aliphatic rings. The van der Waals surface area contributed by atoms with Gasteiger partial charge in [0.15, 0.2) is 11.5 Å². The zero-order valence-corrected chi connectivity index (χ0v) is 16.9. The lowest BCUT2D eigenvalue weighted by atomic mass is 10.1. The van der Waals surface area contributed by atoms with E-state index in [0.717, 1.165) is 25.2 Å². The van der Waals surface area contributed by atoms with Crippen LogP contribution in [0, 0.1) is 0 Å². The summed E-state index contributed by atoms with van der Waals surface area (Å²) in [7, 11) is 3.09. The van der Waals surface area contributed by atoms with E-state index in [-0.39, 0.29) is 5.91 Å². The maximum Gasteiger partial charge on any atom is 0.246 e. The first kappa shape index (κ1) is 20.2. The van der Waals surface area contributed by atoms with Crippen LogP contribution < -0.4 is 9.47 Å². The Labute approximate surface area is 170 Å². The van der Waals surface area contributed by atoms with E-state index in [1.807, 2.05) is 17.0 Å². The van der Waals surface area contributed by atoms with Gasteiger partial charge in [-0.2, -0.15) is 0 Å². The minimum atomic E-state index is -0.00512. The maximum atomic E-state index is 12.5. The number of benzene rings is 1. The van der Waals surface area contributed by atoms with E-state index in [1.165, 1.54) is 12.7 Å². The Morgan fingerprint density at radius 2 is 1.86 bits per heavy atom. The van der Waals surface area contributed by atoms with Gasteiger partial charge in [-0.25, -0.2) is 0 Å². The SMILES string of the molecule is COc1cc(/C=C/C(=O)N2CCN(Cc3ccncc3)CC2)cc(Cl)c1OC. The molecule has 6 nitrogen and oxygen atoms in total. The Hall–Kier alpha value is -2.57. The molecule has 0 saturated carbocycles. The minimum Gasteiger partial charge on any atom is -0.493 e. The molecule has 1 fully saturated rings. The van der Waals surface area contributed by atoms with E-state index in [2.05, 4.69) is 9.88 Å². The zero-order valence-electron chi connectivity index (χ0n) is 16.1. The van der Waals surface area contributed by atoms with E-state index < -0.39 is 0 Å². The molecule has 0 aliphatic carbocycles. The third-order valence-corrected chi connectivity index (χ3v) is 4.99. The average molecular weight is 402 g/mol. The van der Waals surface area contributed by atoms with Gasteiger partial charge in [0.05, 0.1) is 19.2 Å². The fraction of sp³-hybridized carbons (Fsp3) is 0.333. The van der Waals surface area contributed by atoms with Crippen LogP contribution in [0.15, 0.2) is 42.7 Å². The molecule has 3 rings (SSSR count). The predicted molar refractivity (Wildman–Crippen MR) is 110 cm³/mol. The second-order valence-corrected chi connectivity index (χ2v) is 6.94. The molecule has 1 aliphatic heterocycles. The van der Waals surface area contributed by atoms with Crippen molar-refractivity contribution in [3.8, 4) is 11.5 Å². The van der Waals surface area contributed by atoms with Gasteiger partial charge < -0.3 is 14.4 Å². The topological polar surface area (TPSA) is 54.9 Å². The lowest BCUT2D eigenvalue weighted by Gasteiger charge is -2.34. The molecule has 0 bridgehead atoms. The summed E-state index contributed by atoms with van der Waals surface area (Å²) in [5.74, 6) is 1.01. The van der Waals surface area contributed by atoms with Crippen molar-refractivity contribution < 1.29 is 14.3 Å². The van der Waals surface area contributed by atoms with Crippen LogP contribution in [0.4, 0.5) is 0 Å². The van der Waals surface area contributed by atoms with E-state index in [9.17, 15) is 4.79 Å². The number of piperazine rings is 1. The number of hydrogen-bond donors (Lipinski definition) is 0. The van der Waals surface area contributed by atoms with E-state index in [0.29, 0.717) is 29.6 Å². The van der Waals surface area contributed by atoms with Crippen molar-refractivity contribution in [3.05, 3.63) is 58.9 Å².